The number of hydrogen-bond donors (Lipinski definition) is 2. The number of nitrogens with one attached hydrogen (secondary N) is 2. The Kier molecular flexibility index (Phi) is 5.88. The topological polar surface area (TPSA) is 83.4 Å². The Morgan fingerprint density at radius 1 is 0.912 bits per heavy atom. The van der Waals surface area contributed by atoms with E-state index in [9.17, 15) is 18.8 Å². The maximum absolute atomic E-state index is 13.1. The van der Waals surface area contributed by atoms with Gasteiger partial charge >= 0.3 is 6.03 Å². The number of rotatable bonds is 4. The summed E-state index contributed by atoms with van der Waals surface area (Å²) >= 11 is 0. The van der Waals surface area contributed by atoms with Crippen LogP contribution in [0.5, 0.6) is 0 Å². The molecule has 8 heteroatoms. The Morgan fingerprint density at radius 3 is 2.44 bits per heavy atom. The molecule has 3 heterocycles. The van der Waals surface area contributed by atoms with Gasteiger partial charge in [-0.1, -0.05) is 30.3 Å². The molecule has 2 atom stereocenters. The fraction of sp³-hybridized carbons (Fsp3) is 0.269. The number of fused-ring (bicyclic) bond motifs is 4. The van der Waals surface area contributed by atoms with Crippen LogP contribution in [0.2, 0.25) is 0 Å². The van der Waals surface area contributed by atoms with Crippen molar-refractivity contribution in [2.75, 3.05) is 23.7 Å². The molecule has 34 heavy (non-hydrogen) atoms. The lowest BCUT2D eigenvalue weighted by Crippen LogP contribution is -2.50. The van der Waals surface area contributed by atoms with E-state index >= 15 is 0 Å². The normalized spacial score (nSPS) is 18.7. The minimum absolute atomic E-state index is 0.0354. The Hall–Kier alpha value is -3.94. The first-order chi connectivity index (χ1) is 16.5. The van der Waals surface area contributed by atoms with Gasteiger partial charge in [0.15, 0.2) is 0 Å². The molecule has 1 fully saturated rings. The number of benzene rings is 2. The van der Waals surface area contributed by atoms with Gasteiger partial charge in [-0.25, -0.2) is 9.18 Å². The number of pyridine rings is 1. The van der Waals surface area contributed by atoms with E-state index in [1.165, 1.54) is 24.3 Å². The number of piperidine rings is 1. The van der Waals surface area contributed by atoms with E-state index in [-0.39, 0.29) is 47.3 Å². The number of aromatic nitrogens is 1. The lowest BCUT2D eigenvalue weighted by atomic mass is 9.83. The second-order valence-electron chi connectivity index (χ2n) is 8.94. The number of carbonyl (C=O) groups is 2. The van der Waals surface area contributed by atoms with E-state index in [1.54, 1.807) is 15.5 Å². The van der Waals surface area contributed by atoms with Gasteiger partial charge in [0, 0.05) is 36.9 Å². The van der Waals surface area contributed by atoms with E-state index < -0.39 is 0 Å². The quantitative estimate of drug-likeness (QED) is 0.621. The van der Waals surface area contributed by atoms with Gasteiger partial charge in [0.05, 0.1) is 6.42 Å². The third-order valence-corrected chi connectivity index (χ3v) is 6.47. The third kappa shape index (κ3) is 4.57. The van der Waals surface area contributed by atoms with Gasteiger partial charge in [-0.2, -0.15) is 0 Å². The lowest BCUT2D eigenvalue weighted by molar-refractivity contribution is -0.115. The first kappa shape index (κ1) is 21.9. The Balaban J connectivity index is 1.29. The fourth-order valence-electron chi connectivity index (χ4n) is 4.92. The van der Waals surface area contributed by atoms with Gasteiger partial charge < -0.3 is 20.1 Å². The number of likely N-dealkylation sites (tertiary alicyclic amines) is 1. The van der Waals surface area contributed by atoms with Crippen molar-refractivity contribution in [1.29, 1.82) is 0 Å². The molecule has 3 aromatic rings. The van der Waals surface area contributed by atoms with Crippen LogP contribution >= 0.6 is 0 Å². The molecule has 174 valence electrons. The predicted molar refractivity (Wildman–Crippen MR) is 127 cm³/mol. The summed E-state index contributed by atoms with van der Waals surface area (Å²) in [5.41, 5.74) is 2.36. The van der Waals surface area contributed by atoms with Crippen LogP contribution in [-0.4, -0.2) is 34.5 Å². The highest BCUT2D eigenvalue weighted by Crippen LogP contribution is 2.35. The lowest BCUT2D eigenvalue weighted by Gasteiger charge is -2.42. The number of carbonyl (C=O) groups excluding carboxylic acids is 2. The van der Waals surface area contributed by atoms with Crippen molar-refractivity contribution in [2.45, 2.75) is 25.3 Å². The highest BCUT2D eigenvalue weighted by Gasteiger charge is 2.36. The SMILES string of the molecule is O=C(Cc1ccccc1)Nc1ccc2n(c1=O)C[C@@H]1C[C@@H]2CN(C(=O)Nc2ccc(F)cc2)C1. The van der Waals surface area contributed by atoms with Crippen LogP contribution in [0.3, 0.4) is 0 Å². The molecular formula is C26H25FN4O3. The van der Waals surface area contributed by atoms with E-state index in [0.717, 1.165) is 17.7 Å². The van der Waals surface area contributed by atoms with Crippen molar-refractivity contribution in [3.8, 4) is 0 Å². The molecule has 2 aliphatic rings. The number of urea groups is 1. The van der Waals surface area contributed by atoms with Crippen LogP contribution in [0.25, 0.3) is 0 Å². The minimum Gasteiger partial charge on any atom is -0.324 e. The van der Waals surface area contributed by atoms with Crippen molar-refractivity contribution in [1.82, 2.24) is 9.47 Å². The Labute approximate surface area is 196 Å². The minimum atomic E-state index is -0.358. The maximum Gasteiger partial charge on any atom is 0.321 e. The first-order valence-electron chi connectivity index (χ1n) is 11.4. The summed E-state index contributed by atoms with van der Waals surface area (Å²) in [6, 6.07) is 18.4. The van der Waals surface area contributed by atoms with Crippen LogP contribution in [0.15, 0.2) is 71.5 Å². The summed E-state index contributed by atoms with van der Waals surface area (Å²) in [6.45, 7) is 1.51. The molecule has 2 aromatic carbocycles. The molecule has 2 N–H and O–H groups in total. The summed E-state index contributed by atoms with van der Waals surface area (Å²) in [4.78, 5) is 40.1. The molecule has 1 aromatic heterocycles. The summed E-state index contributed by atoms with van der Waals surface area (Å²) in [5, 5.41) is 5.58. The number of anilines is 2. The summed E-state index contributed by atoms with van der Waals surface area (Å²) in [5.74, 6) is -0.418. The molecule has 5 rings (SSSR count). The summed E-state index contributed by atoms with van der Waals surface area (Å²) < 4.78 is 14.9. The fourth-order valence-corrected chi connectivity index (χ4v) is 4.92. The van der Waals surface area contributed by atoms with E-state index in [0.29, 0.717) is 25.3 Å². The van der Waals surface area contributed by atoms with Gasteiger partial charge in [-0.05, 0) is 54.3 Å². The molecule has 0 aliphatic carbocycles. The van der Waals surface area contributed by atoms with Crippen LogP contribution in [0, 0.1) is 11.7 Å². The first-order valence-corrected chi connectivity index (χ1v) is 11.4. The largest absolute Gasteiger partial charge is 0.324 e. The molecule has 0 radical (unpaired) electrons. The average Bonchev–Trinajstić information content (AvgIpc) is 2.83. The highest BCUT2D eigenvalue weighted by molar-refractivity contribution is 5.92. The number of hydrogen-bond acceptors (Lipinski definition) is 3. The molecule has 0 unspecified atom stereocenters. The van der Waals surface area contributed by atoms with E-state index in [2.05, 4.69) is 10.6 Å². The van der Waals surface area contributed by atoms with Crippen LogP contribution in [0.4, 0.5) is 20.6 Å². The molecule has 0 saturated carbocycles. The van der Waals surface area contributed by atoms with Crippen molar-refractivity contribution in [3.63, 3.8) is 0 Å². The monoisotopic (exact) mass is 460 g/mol. The van der Waals surface area contributed by atoms with Gasteiger partial charge in [0.1, 0.15) is 11.5 Å². The van der Waals surface area contributed by atoms with Gasteiger partial charge in [0.25, 0.3) is 5.56 Å². The Morgan fingerprint density at radius 2 is 1.68 bits per heavy atom. The molecular weight excluding hydrogens is 435 g/mol. The molecule has 7 nitrogen and oxygen atoms in total. The van der Waals surface area contributed by atoms with Crippen LogP contribution in [0.1, 0.15) is 23.6 Å². The number of amides is 3. The van der Waals surface area contributed by atoms with Gasteiger partial charge in [-0.3, -0.25) is 9.59 Å². The second kappa shape index (κ2) is 9.13. The van der Waals surface area contributed by atoms with Crippen molar-refractivity contribution >= 4 is 23.3 Å². The van der Waals surface area contributed by atoms with Gasteiger partial charge in [-0.15, -0.1) is 0 Å². The second-order valence-corrected chi connectivity index (χ2v) is 8.94. The van der Waals surface area contributed by atoms with Gasteiger partial charge in [0.2, 0.25) is 5.91 Å². The van der Waals surface area contributed by atoms with E-state index in [1.807, 2.05) is 36.4 Å². The zero-order valence-corrected chi connectivity index (χ0v) is 18.5. The van der Waals surface area contributed by atoms with E-state index in [4.69, 9.17) is 0 Å². The summed E-state index contributed by atoms with van der Waals surface area (Å²) in [6.07, 6.45) is 1.10. The number of nitrogens with zero attached hydrogens (tertiary/aromatic N) is 2. The molecule has 2 aliphatic heterocycles. The molecule has 0 spiro atoms. The van der Waals surface area contributed by atoms with Crippen LogP contribution in [-0.2, 0) is 17.8 Å². The highest BCUT2D eigenvalue weighted by atomic mass is 19.1. The average molecular weight is 461 g/mol. The smallest absolute Gasteiger partial charge is 0.321 e. The third-order valence-electron chi connectivity index (χ3n) is 6.47. The maximum atomic E-state index is 13.1. The van der Waals surface area contributed by atoms with Crippen molar-refractivity contribution < 1.29 is 14.0 Å². The summed E-state index contributed by atoms with van der Waals surface area (Å²) in [7, 11) is 0. The standard InChI is InChI=1S/C26H25FN4O3/c27-20-6-8-21(9-7-20)28-26(34)30-14-18-12-19(16-30)23-11-10-22(25(33)31(23)15-18)29-24(32)13-17-4-2-1-3-5-17/h1-11,18-19H,12-16H2,(H,28,34)(H,29,32)/t18-,19-/m1/s1. The van der Waals surface area contributed by atoms with Crippen molar-refractivity contribution in [3.05, 3.63) is 94.2 Å². The molecule has 2 bridgehead atoms. The Bertz CT molecular complexity index is 1270. The van der Waals surface area contributed by atoms with Crippen LogP contribution < -0.4 is 16.2 Å². The zero-order valence-electron chi connectivity index (χ0n) is 18.5. The predicted octanol–water partition coefficient (Wildman–Crippen LogP) is 3.82. The van der Waals surface area contributed by atoms with Crippen molar-refractivity contribution in [2.24, 2.45) is 5.92 Å². The number of halogens is 1. The zero-order chi connectivity index (χ0) is 23.7. The molecule has 1 saturated heterocycles. The molecule has 3 amide bonds.